The number of nitrogens with one attached hydrogen (secondary N) is 1. The zero-order chi connectivity index (χ0) is 37.0. The summed E-state index contributed by atoms with van der Waals surface area (Å²) in [5.41, 5.74) is 13.2. The number of hydrogen-bond donors (Lipinski definition) is 1. The van der Waals surface area contributed by atoms with E-state index in [9.17, 15) is 0 Å². The Kier molecular flexibility index (Phi) is 8.12. The van der Waals surface area contributed by atoms with Gasteiger partial charge in [-0.25, -0.2) is 0 Å². The lowest BCUT2D eigenvalue weighted by Crippen LogP contribution is -2.40. The second-order valence-electron chi connectivity index (χ2n) is 15.9. The quantitative estimate of drug-likeness (QED) is 0.188. The molecular formula is C53H45N3. The van der Waals surface area contributed by atoms with Crippen LogP contribution in [0.2, 0.25) is 0 Å². The highest BCUT2D eigenvalue weighted by Crippen LogP contribution is 2.48. The summed E-state index contributed by atoms with van der Waals surface area (Å²) in [6.45, 7) is 0. The maximum absolute atomic E-state index is 3.98. The number of dihydropyridines is 1. The molecule has 56 heavy (non-hydrogen) atoms. The molecule has 4 atom stereocenters. The van der Waals surface area contributed by atoms with E-state index < -0.39 is 0 Å². The van der Waals surface area contributed by atoms with Gasteiger partial charge in [0.05, 0.1) is 17.6 Å². The minimum absolute atomic E-state index is 0.0839. The van der Waals surface area contributed by atoms with Gasteiger partial charge in [-0.05, 0) is 107 Å². The van der Waals surface area contributed by atoms with Crippen LogP contribution in [0.1, 0.15) is 72.2 Å². The number of benzene rings is 4. The Bertz CT molecular complexity index is 2760. The summed E-state index contributed by atoms with van der Waals surface area (Å²) in [4.78, 5) is 2.56. The van der Waals surface area contributed by atoms with Crippen molar-refractivity contribution in [2.45, 2.75) is 56.0 Å². The van der Waals surface area contributed by atoms with Gasteiger partial charge in [-0.3, -0.25) is 0 Å². The molecule has 0 radical (unpaired) electrons. The van der Waals surface area contributed by atoms with E-state index in [0.717, 1.165) is 37.9 Å². The lowest BCUT2D eigenvalue weighted by Gasteiger charge is -2.36. The van der Waals surface area contributed by atoms with E-state index in [1.807, 2.05) is 0 Å². The molecule has 1 N–H and O–H groups in total. The molecule has 3 heterocycles. The normalized spacial score (nSPS) is 23.2. The first-order chi connectivity index (χ1) is 27.8. The maximum atomic E-state index is 3.98. The molecule has 4 aromatic carbocycles. The van der Waals surface area contributed by atoms with E-state index in [1.165, 1.54) is 71.8 Å². The number of rotatable bonds is 6. The van der Waals surface area contributed by atoms with Gasteiger partial charge in [0.1, 0.15) is 5.82 Å². The standard InChI is InChI=1S/C53H45N3/c1-4-14-36(15-5-1)38-24-28-43(29-25-38)55-49-22-12-10-20-44(49)46-32-40(26-30-51(46)55)41-27-31-52-47(33-41)45-21-11-13-23-50(45)56(52)53-35-42(37-16-6-2-7-17-37)34-48(54-53)39-18-8-3-9-19-39/h1,3-4,6,8-14,16-25,27-35,40,45,48,50,54H,2,5,7,15,26H2. The molecule has 11 rings (SSSR count). The van der Waals surface area contributed by atoms with Gasteiger partial charge in [-0.2, -0.15) is 0 Å². The minimum Gasteiger partial charge on any atom is -0.361 e. The van der Waals surface area contributed by atoms with Crippen molar-refractivity contribution in [3.63, 3.8) is 0 Å². The Morgan fingerprint density at radius 3 is 2.43 bits per heavy atom. The molecule has 1 aromatic heterocycles. The smallest absolute Gasteiger partial charge is 0.108 e. The fraction of sp³-hybridized carbons (Fsp3) is 0.170. The van der Waals surface area contributed by atoms with Gasteiger partial charge < -0.3 is 14.8 Å². The SMILES string of the molecule is C1=CCCC(c2ccc(-n3c4c(c5ccccc53)=CC(c3ccc5c(c3)C3C=CC=CC3N5C3=CC(C5=CCCC=C5)=CC(c5ccccc5)N3)CC=4)cc2)=C1. The number of hydrogen-bond acceptors (Lipinski definition) is 2. The number of nitrogens with zero attached hydrogens (tertiary/aromatic N) is 2. The van der Waals surface area contributed by atoms with Gasteiger partial charge in [0.2, 0.25) is 0 Å². The van der Waals surface area contributed by atoms with Gasteiger partial charge in [-0.15, -0.1) is 0 Å². The molecule has 6 aliphatic rings. The van der Waals surface area contributed by atoms with Gasteiger partial charge in [0.25, 0.3) is 0 Å². The molecule has 0 spiro atoms. The third kappa shape index (κ3) is 5.64. The molecule has 3 heteroatoms. The van der Waals surface area contributed by atoms with Gasteiger partial charge in [0.15, 0.2) is 0 Å². The van der Waals surface area contributed by atoms with Crippen molar-refractivity contribution in [1.82, 2.24) is 9.88 Å². The predicted molar refractivity (Wildman–Crippen MR) is 234 cm³/mol. The zero-order valence-electron chi connectivity index (χ0n) is 31.6. The van der Waals surface area contributed by atoms with Gasteiger partial charge in [0, 0.05) is 39.2 Å². The van der Waals surface area contributed by atoms with Gasteiger partial charge in [-0.1, -0.05) is 146 Å². The molecule has 0 saturated heterocycles. The first-order valence-corrected chi connectivity index (χ1v) is 20.4. The van der Waals surface area contributed by atoms with Crippen molar-refractivity contribution in [3.05, 3.63) is 220 Å². The minimum atomic E-state index is 0.0839. The lowest BCUT2D eigenvalue weighted by atomic mass is 9.86. The van der Waals surface area contributed by atoms with Crippen molar-refractivity contribution in [2.24, 2.45) is 0 Å². The Morgan fingerprint density at radius 1 is 0.696 bits per heavy atom. The Labute approximate surface area is 329 Å². The topological polar surface area (TPSA) is 20.2 Å². The molecule has 0 fully saturated rings. The Hall–Kier alpha value is -6.32. The molecule has 5 aromatic rings. The van der Waals surface area contributed by atoms with E-state index in [1.54, 1.807) is 0 Å². The van der Waals surface area contributed by atoms with Crippen molar-refractivity contribution >= 4 is 34.3 Å². The lowest BCUT2D eigenvalue weighted by molar-refractivity contribution is 0.627. The van der Waals surface area contributed by atoms with E-state index in [4.69, 9.17) is 0 Å². The highest BCUT2D eigenvalue weighted by molar-refractivity contribution is 5.85. The second-order valence-corrected chi connectivity index (χ2v) is 15.9. The van der Waals surface area contributed by atoms with Crippen molar-refractivity contribution in [2.75, 3.05) is 4.90 Å². The molecular weight excluding hydrogens is 679 g/mol. The molecule has 0 bridgehead atoms. The second kappa shape index (κ2) is 13.8. The first kappa shape index (κ1) is 33.1. The molecule has 0 saturated carbocycles. The van der Waals surface area contributed by atoms with E-state index in [-0.39, 0.29) is 18.0 Å². The number of para-hydroxylation sites is 1. The summed E-state index contributed by atoms with van der Waals surface area (Å²) in [5, 5.41) is 7.94. The molecule has 3 nitrogen and oxygen atoms in total. The largest absolute Gasteiger partial charge is 0.361 e. The highest BCUT2D eigenvalue weighted by atomic mass is 15.3. The van der Waals surface area contributed by atoms with Crippen molar-refractivity contribution in [1.29, 1.82) is 0 Å². The van der Waals surface area contributed by atoms with Crippen LogP contribution in [0.5, 0.6) is 0 Å². The molecule has 4 unspecified atom stereocenters. The van der Waals surface area contributed by atoms with Crippen LogP contribution in [-0.4, -0.2) is 10.6 Å². The average molecular weight is 724 g/mol. The fourth-order valence-electron chi connectivity index (χ4n) is 9.82. The van der Waals surface area contributed by atoms with Gasteiger partial charge >= 0.3 is 0 Å². The van der Waals surface area contributed by atoms with Crippen LogP contribution in [0.15, 0.2) is 187 Å². The van der Waals surface area contributed by atoms with Crippen LogP contribution in [0.3, 0.4) is 0 Å². The maximum Gasteiger partial charge on any atom is 0.108 e. The molecule has 2 aliphatic heterocycles. The van der Waals surface area contributed by atoms with Crippen LogP contribution < -0.4 is 20.8 Å². The number of anilines is 1. The summed E-state index contributed by atoms with van der Waals surface area (Å²) in [6.07, 6.45) is 38.2. The van der Waals surface area contributed by atoms with Crippen molar-refractivity contribution in [3.8, 4) is 5.69 Å². The van der Waals surface area contributed by atoms with E-state index in [2.05, 4.69) is 197 Å². The summed E-state index contributed by atoms with van der Waals surface area (Å²) in [5.74, 6) is 1.74. The van der Waals surface area contributed by atoms with E-state index >= 15 is 0 Å². The number of aromatic nitrogens is 1. The highest BCUT2D eigenvalue weighted by Gasteiger charge is 2.40. The summed E-state index contributed by atoms with van der Waals surface area (Å²) < 4.78 is 2.47. The molecule has 4 aliphatic carbocycles. The molecule has 0 amide bonds. The van der Waals surface area contributed by atoms with E-state index in [0.29, 0.717) is 5.92 Å². The molecule has 272 valence electrons. The summed E-state index contributed by atoms with van der Waals surface area (Å²) >= 11 is 0. The summed E-state index contributed by atoms with van der Waals surface area (Å²) in [6, 6.07) is 36.6. The fourth-order valence-corrected chi connectivity index (χ4v) is 9.82. The third-order valence-electron chi connectivity index (χ3n) is 12.6. The Balaban J connectivity index is 0.967. The van der Waals surface area contributed by atoms with Crippen molar-refractivity contribution < 1.29 is 0 Å². The first-order valence-electron chi connectivity index (χ1n) is 20.4. The van der Waals surface area contributed by atoms with Crippen LogP contribution in [0, 0.1) is 0 Å². The van der Waals surface area contributed by atoms with Crippen LogP contribution >= 0.6 is 0 Å². The van der Waals surface area contributed by atoms with Crippen LogP contribution in [-0.2, 0) is 0 Å². The monoisotopic (exact) mass is 723 g/mol. The summed E-state index contributed by atoms with van der Waals surface area (Å²) in [7, 11) is 0. The zero-order valence-corrected chi connectivity index (χ0v) is 31.6. The Morgan fingerprint density at radius 2 is 1.57 bits per heavy atom. The average Bonchev–Trinajstić information content (AvgIpc) is 3.79. The predicted octanol–water partition coefficient (Wildman–Crippen LogP) is 10.9. The third-order valence-corrected chi connectivity index (χ3v) is 12.6. The number of fused-ring (bicyclic) bond motifs is 6. The van der Waals surface area contributed by atoms with Crippen LogP contribution in [0.4, 0.5) is 5.69 Å². The van der Waals surface area contributed by atoms with Crippen LogP contribution in [0.25, 0.3) is 34.3 Å². The number of allylic oxidation sites excluding steroid dienone is 12.